The zero-order valence-corrected chi connectivity index (χ0v) is 15.0. The van der Waals surface area contributed by atoms with Crippen molar-refractivity contribution in [2.75, 3.05) is 14.2 Å². The van der Waals surface area contributed by atoms with Gasteiger partial charge in [0.25, 0.3) is 0 Å². The molecular weight excluding hydrogens is 296 g/mol. The van der Waals surface area contributed by atoms with E-state index in [4.69, 9.17) is 14.0 Å². The molecular formula is C17H27BFNO3. The van der Waals surface area contributed by atoms with Gasteiger partial charge in [0.15, 0.2) is 0 Å². The lowest BCUT2D eigenvalue weighted by molar-refractivity contribution is -0.0144. The highest BCUT2D eigenvalue weighted by molar-refractivity contribution is 6.55. The van der Waals surface area contributed by atoms with Crippen LogP contribution in [0.2, 0.25) is 0 Å². The van der Waals surface area contributed by atoms with Crippen LogP contribution < -0.4 is 0 Å². The molecule has 0 bridgehead atoms. The van der Waals surface area contributed by atoms with Crippen molar-refractivity contribution in [3.8, 4) is 0 Å². The largest absolute Gasteiger partial charge is 0.493 e. The third-order valence-corrected chi connectivity index (χ3v) is 5.84. The predicted octanol–water partition coefficient (Wildman–Crippen LogP) is 3.59. The first-order valence-corrected chi connectivity index (χ1v) is 8.40. The van der Waals surface area contributed by atoms with E-state index in [1.54, 1.807) is 7.11 Å². The molecule has 3 aliphatic rings. The van der Waals surface area contributed by atoms with E-state index < -0.39 is 18.3 Å². The molecule has 1 fully saturated rings. The summed E-state index contributed by atoms with van der Waals surface area (Å²) in [4.78, 5) is 2.07. The van der Waals surface area contributed by atoms with Crippen LogP contribution >= 0.6 is 0 Å². The van der Waals surface area contributed by atoms with E-state index in [2.05, 4.69) is 4.90 Å². The number of hydrogen-bond donors (Lipinski definition) is 0. The first-order chi connectivity index (χ1) is 10.7. The molecule has 6 heteroatoms. The second-order valence-electron chi connectivity index (χ2n) is 7.69. The molecule has 0 aromatic heterocycles. The van der Waals surface area contributed by atoms with E-state index in [-0.39, 0.29) is 12.1 Å². The molecule has 0 N–H and O–H groups in total. The maximum absolute atomic E-state index is 15.1. The molecule has 3 rings (SSSR count). The lowest BCUT2D eigenvalue weighted by Crippen LogP contribution is -2.41. The average Bonchev–Trinajstić information content (AvgIpc) is 2.68. The highest BCUT2D eigenvalue weighted by Gasteiger charge is 2.53. The lowest BCUT2D eigenvalue weighted by atomic mass is 9.70. The maximum Gasteiger partial charge on any atom is 0.493 e. The topological polar surface area (TPSA) is 30.9 Å². The van der Waals surface area contributed by atoms with E-state index in [1.807, 2.05) is 34.7 Å². The Bertz CT molecular complexity index is 554. The Kier molecular flexibility index (Phi) is 4.14. The Hall–Kier alpha value is -0.845. The van der Waals surface area contributed by atoms with Crippen LogP contribution in [0.4, 0.5) is 4.39 Å². The molecule has 1 aliphatic carbocycles. The number of hydrogen-bond acceptors (Lipinski definition) is 4. The zero-order valence-electron chi connectivity index (χ0n) is 15.0. The van der Waals surface area contributed by atoms with Crippen molar-refractivity contribution >= 4 is 7.12 Å². The fourth-order valence-corrected chi connectivity index (χ4v) is 3.60. The Morgan fingerprint density at radius 3 is 2.30 bits per heavy atom. The number of nitrogens with zero attached hydrogens (tertiary/aromatic N) is 1. The van der Waals surface area contributed by atoms with Crippen molar-refractivity contribution in [2.24, 2.45) is 0 Å². The summed E-state index contributed by atoms with van der Waals surface area (Å²) >= 11 is 0. The summed E-state index contributed by atoms with van der Waals surface area (Å²) in [7, 11) is 3.10. The molecule has 0 radical (unpaired) electrons. The van der Waals surface area contributed by atoms with Gasteiger partial charge in [0.1, 0.15) is 12.1 Å². The predicted molar refractivity (Wildman–Crippen MR) is 88.3 cm³/mol. The molecule has 1 saturated heterocycles. The first-order valence-electron chi connectivity index (χ1n) is 8.40. The van der Waals surface area contributed by atoms with E-state index in [1.165, 1.54) is 0 Å². The fraction of sp³-hybridized carbons (Fsp3) is 0.765. The summed E-state index contributed by atoms with van der Waals surface area (Å²) in [6.45, 7) is 7.99. The van der Waals surface area contributed by atoms with Gasteiger partial charge >= 0.3 is 7.12 Å². The van der Waals surface area contributed by atoms with Crippen molar-refractivity contribution in [3.05, 3.63) is 22.6 Å². The Balaban J connectivity index is 1.90. The van der Waals surface area contributed by atoms with Gasteiger partial charge in [-0.05, 0) is 58.9 Å². The van der Waals surface area contributed by atoms with Gasteiger partial charge in [-0.25, -0.2) is 4.39 Å². The first kappa shape index (κ1) is 17.0. The molecule has 0 amide bonds. The second kappa shape index (κ2) is 5.61. The summed E-state index contributed by atoms with van der Waals surface area (Å²) < 4.78 is 32.7. The van der Waals surface area contributed by atoms with E-state index in [9.17, 15) is 0 Å². The second-order valence-corrected chi connectivity index (χ2v) is 7.69. The molecule has 0 aromatic carbocycles. The van der Waals surface area contributed by atoms with Gasteiger partial charge in [-0.1, -0.05) is 0 Å². The Morgan fingerprint density at radius 2 is 1.74 bits per heavy atom. The average molecular weight is 323 g/mol. The van der Waals surface area contributed by atoms with Crippen LogP contribution in [0.1, 0.15) is 53.4 Å². The molecule has 2 heterocycles. The van der Waals surface area contributed by atoms with Crippen LogP contribution in [-0.4, -0.2) is 43.6 Å². The Morgan fingerprint density at radius 1 is 1.13 bits per heavy atom. The monoisotopic (exact) mass is 323 g/mol. The van der Waals surface area contributed by atoms with Crippen LogP contribution in [-0.2, 0) is 14.0 Å². The molecule has 4 nitrogen and oxygen atoms in total. The van der Waals surface area contributed by atoms with Gasteiger partial charge in [0, 0.05) is 25.4 Å². The Labute approximate surface area is 138 Å². The van der Waals surface area contributed by atoms with Crippen molar-refractivity contribution in [2.45, 2.75) is 70.8 Å². The minimum atomic E-state index is -0.584. The molecule has 0 aromatic rings. The number of allylic oxidation sites excluding steroid dienone is 4. The van der Waals surface area contributed by atoms with Crippen molar-refractivity contribution in [1.29, 1.82) is 0 Å². The minimum absolute atomic E-state index is 0.0416. The number of halogens is 1. The van der Waals surface area contributed by atoms with Crippen LogP contribution in [0.15, 0.2) is 22.6 Å². The van der Waals surface area contributed by atoms with Crippen molar-refractivity contribution < 1.29 is 18.4 Å². The van der Waals surface area contributed by atoms with Gasteiger partial charge in [-0.15, -0.1) is 0 Å². The molecule has 1 atom stereocenters. The van der Waals surface area contributed by atoms with Crippen molar-refractivity contribution in [1.82, 2.24) is 4.90 Å². The number of ether oxygens (including phenoxy) is 1. The minimum Gasteiger partial charge on any atom is -0.399 e. The smallest absolute Gasteiger partial charge is 0.399 e. The highest BCUT2D eigenvalue weighted by atomic mass is 19.1. The molecule has 0 saturated carbocycles. The van der Waals surface area contributed by atoms with Gasteiger partial charge in [-0.3, -0.25) is 0 Å². The van der Waals surface area contributed by atoms with Crippen LogP contribution in [0.25, 0.3) is 0 Å². The standard InChI is InChI=1S/C17H27BFNO3/c1-16(2)17(3,4)23-18(22-16)12-8-9-13-11(15(12)19)7-10-14(21-6)20(13)5/h14H,7-10H2,1-6H3. The molecule has 23 heavy (non-hydrogen) atoms. The van der Waals surface area contributed by atoms with Gasteiger partial charge < -0.3 is 18.9 Å². The zero-order chi connectivity index (χ0) is 17.0. The van der Waals surface area contributed by atoms with E-state index >= 15 is 4.39 Å². The normalized spacial score (nSPS) is 30.1. The SMILES string of the molecule is COC1CCC2=C(CCC(B3OC(C)(C)C(C)(C)O3)=C2F)N1C. The third-order valence-electron chi connectivity index (χ3n) is 5.84. The molecule has 128 valence electrons. The van der Waals surface area contributed by atoms with Crippen LogP contribution in [0.3, 0.4) is 0 Å². The maximum atomic E-state index is 15.1. The van der Waals surface area contributed by atoms with Gasteiger partial charge in [-0.2, -0.15) is 0 Å². The number of rotatable bonds is 2. The summed E-state index contributed by atoms with van der Waals surface area (Å²) in [5.74, 6) is -0.133. The summed E-state index contributed by atoms with van der Waals surface area (Å²) in [6, 6.07) is 0. The quantitative estimate of drug-likeness (QED) is 0.727. The summed E-state index contributed by atoms with van der Waals surface area (Å²) in [5.41, 5.74) is 1.64. The van der Waals surface area contributed by atoms with Crippen molar-refractivity contribution in [3.63, 3.8) is 0 Å². The van der Waals surface area contributed by atoms with E-state index in [0.717, 1.165) is 24.1 Å². The van der Waals surface area contributed by atoms with Gasteiger partial charge in [0.2, 0.25) is 0 Å². The lowest BCUT2D eigenvalue weighted by Gasteiger charge is -2.39. The highest BCUT2D eigenvalue weighted by Crippen LogP contribution is 2.45. The molecule has 0 spiro atoms. The summed E-state index contributed by atoms with van der Waals surface area (Å²) in [6.07, 6.45) is 2.98. The third kappa shape index (κ3) is 2.65. The van der Waals surface area contributed by atoms with Crippen LogP contribution in [0.5, 0.6) is 0 Å². The van der Waals surface area contributed by atoms with Crippen LogP contribution in [0, 0.1) is 0 Å². The van der Waals surface area contributed by atoms with Gasteiger partial charge in [0.05, 0.1) is 11.2 Å². The number of methoxy groups -OCH3 is 1. The summed E-state index contributed by atoms with van der Waals surface area (Å²) in [5, 5.41) is 0. The fourth-order valence-electron chi connectivity index (χ4n) is 3.60. The molecule has 2 aliphatic heterocycles. The molecule has 1 unspecified atom stereocenters. The van der Waals surface area contributed by atoms with E-state index in [0.29, 0.717) is 18.3 Å².